The lowest BCUT2D eigenvalue weighted by Gasteiger charge is -2.16. The molecule has 3 N–H and O–H groups in total. The van der Waals surface area contributed by atoms with E-state index in [1.165, 1.54) is 64.1 Å². The second-order valence-electron chi connectivity index (χ2n) is 12.4. The highest BCUT2D eigenvalue weighted by Gasteiger charge is 2.43. The number of nitrogen functional groups attached to an aromatic ring is 1. The van der Waals surface area contributed by atoms with Crippen LogP contribution >= 0.6 is 35.3 Å². The molecule has 3 aliphatic heterocycles. The Bertz CT molecular complexity index is 1450. The topological polar surface area (TPSA) is 125 Å². The number of hydrogen-bond donors (Lipinski definition) is 2. The van der Waals surface area contributed by atoms with Gasteiger partial charge in [0.05, 0.1) is 0 Å². The summed E-state index contributed by atoms with van der Waals surface area (Å²) in [5.74, 6) is 0.205. The molecular formula is C32H49F3N6O3S3. The maximum atomic E-state index is 14.3. The summed E-state index contributed by atoms with van der Waals surface area (Å²) in [6, 6.07) is 3.04. The Morgan fingerprint density at radius 3 is 1.53 bits per heavy atom. The number of rotatable bonds is 6. The molecule has 2 aromatic rings. The molecule has 264 valence electrons. The molecule has 0 aliphatic carbocycles. The van der Waals surface area contributed by atoms with Crippen LogP contribution in [0, 0.1) is 17.8 Å². The van der Waals surface area contributed by atoms with E-state index in [4.69, 9.17) is 5.73 Å². The van der Waals surface area contributed by atoms with Crippen LogP contribution in [0.15, 0.2) is 34.1 Å². The molecule has 5 heterocycles. The molecule has 12 atom stereocenters. The normalized spacial score (nSPS) is 34.6. The summed E-state index contributed by atoms with van der Waals surface area (Å²) in [4.78, 5) is 42.0. The third-order valence-electron chi connectivity index (χ3n) is 9.02. The van der Waals surface area contributed by atoms with Crippen LogP contribution in [0.4, 0.5) is 24.8 Å². The molecule has 3 fully saturated rings. The average Bonchev–Trinajstić information content (AvgIpc) is 3.58. The molecule has 15 heteroatoms. The van der Waals surface area contributed by atoms with Crippen molar-refractivity contribution in [1.29, 1.82) is 0 Å². The fourth-order valence-electron chi connectivity index (χ4n) is 6.11. The van der Waals surface area contributed by atoms with E-state index in [0.717, 1.165) is 19.3 Å². The summed E-state index contributed by atoms with van der Waals surface area (Å²) >= 11 is 4.79. The van der Waals surface area contributed by atoms with Crippen LogP contribution in [0.2, 0.25) is 0 Å². The Balaban J connectivity index is 0.000000202. The van der Waals surface area contributed by atoms with Crippen molar-refractivity contribution in [2.24, 2.45) is 17.8 Å². The van der Waals surface area contributed by atoms with E-state index in [1.807, 2.05) is 41.5 Å². The van der Waals surface area contributed by atoms with Gasteiger partial charge in [-0.2, -0.15) is 21.7 Å². The molecule has 3 saturated heterocycles. The lowest BCUT2D eigenvalue weighted by atomic mass is 9.99. The first-order valence-corrected chi connectivity index (χ1v) is 19.1. The van der Waals surface area contributed by atoms with Crippen LogP contribution < -0.4 is 22.4 Å². The Kier molecular flexibility index (Phi) is 14.6. The molecule has 0 spiro atoms. The third kappa shape index (κ3) is 9.52. The smallest absolute Gasteiger partial charge is 0.350 e. The predicted octanol–water partition coefficient (Wildman–Crippen LogP) is 6.90. The van der Waals surface area contributed by atoms with Crippen molar-refractivity contribution < 1.29 is 18.0 Å². The number of carbonyl (C=O) groups is 1. The average molecular weight is 719 g/mol. The molecule has 3 aliphatic rings. The molecule has 47 heavy (non-hydrogen) atoms. The van der Waals surface area contributed by atoms with Gasteiger partial charge in [-0.15, -0.1) is 23.5 Å². The van der Waals surface area contributed by atoms with Gasteiger partial charge in [0.25, 0.3) is 0 Å². The number of hydrogen-bond acceptors (Lipinski definition) is 9. The Labute approximate surface area is 288 Å². The number of anilines is 2. The number of nitrogens with zero attached hydrogens (tertiary/aromatic N) is 4. The van der Waals surface area contributed by atoms with Crippen molar-refractivity contribution in [3.63, 3.8) is 0 Å². The van der Waals surface area contributed by atoms with Crippen molar-refractivity contribution in [3.05, 3.63) is 45.5 Å². The quantitative estimate of drug-likeness (QED) is 0.328. The Morgan fingerprint density at radius 1 is 0.766 bits per heavy atom. The van der Waals surface area contributed by atoms with E-state index in [-0.39, 0.29) is 51.0 Å². The van der Waals surface area contributed by atoms with E-state index in [0.29, 0.717) is 5.25 Å². The molecule has 9 nitrogen and oxygen atoms in total. The Hall–Kier alpha value is -2.13. The van der Waals surface area contributed by atoms with Crippen LogP contribution in [0.1, 0.15) is 85.4 Å². The molecule has 0 saturated carbocycles. The van der Waals surface area contributed by atoms with Gasteiger partial charge in [-0.05, 0) is 31.4 Å². The van der Waals surface area contributed by atoms with E-state index in [1.54, 1.807) is 11.8 Å². The zero-order chi connectivity index (χ0) is 35.2. The van der Waals surface area contributed by atoms with Crippen molar-refractivity contribution in [2.45, 2.75) is 125 Å². The number of nitrogens with one attached hydrogen (secondary N) is 1. The van der Waals surface area contributed by atoms with E-state index < -0.39 is 40.6 Å². The van der Waals surface area contributed by atoms with E-state index in [9.17, 15) is 27.6 Å². The van der Waals surface area contributed by atoms with Gasteiger partial charge in [0, 0.05) is 58.1 Å². The van der Waals surface area contributed by atoms with Gasteiger partial charge in [-0.3, -0.25) is 13.9 Å². The van der Waals surface area contributed by atoms with Crippen LogP contribution in [0.3, 0.4) is 0 Å². The highest BCUT2D eigenvalue weighted by Crippen LogP contribution is 2.48. The minimum atomic E-state index is -1.07. The van der Waals surface area contributed by atoms with Gasteiger partial charge >= 0.3 is 11.4 Å². The van der Waals surface area contributed by atoms with Gasteiger partial charge < -0.3 is 11.1 Å². The van der Waals surface area contributed by atoms with Crippen LogP contribution in [0.25, 0.3) is 0 Å². The van der Waals surface area contributed by atoms with Crippen molar-refractivity contribution >= 4 is 52.8 Å². The lowest BCUT2D eigenvalue weighted by molar-refractivity contribution is -0.114. The molecule has 1 unspecified atom stereocenters. The van der Waals surface area contributed by atoms with Crippen molar-refractivity contribution in [2.75, 3.05) is 11.1 Å². The molecule has 5 rings (SSSR count). The minimum absolute atomic E-state index is 0.0422. The predicted molar refractivity (Wildman–Crippen MR) is 190 cm³/mol. The summed E-state index contributed by atoms with van der Waals surface area (Å²) in [6.07, 6.45) is 3.24. The van der Waals surface area contributed by atoms with Gasteiger partial charge in [-0.1, -0.05) is 48.5 Å². The maximum Gasteiger partial charge on any atom is 0.350 e. The number of nitrogens with two attached hydrogens (primary N) is 1. The summed E-state index contributed by atoms with van der Waals surface area (Å²) in [5.41, 5.74) is 4.40. The SMILES string of the molecule is CC[C@H]1SC(C)[C@@H](F)[C@@H]1C.CC[C@H]1S[C@@H](n2ccc(N)nc2=O)[C@@H](F)[C@@H]1C.CC[C@H]1S[C@@H](n2ccc(NC(C)=O)nc2=O)[C@@H](F)[C@@H]1C. The molecule has 0 bridgehead atoms. The van der Waals surface area contributed by atoms with Gasteiger partial charge in [0.1, 0.15) is 40.9 Å². The second kappa shape index (κ2) is 17.5. The lowest BCUT2D eigenvalue weighted by Crippen LogP contribution is -2.30. The largest absolute Gasteiger partial charge is 0.383 e. The molecular weight excluding hydrogens is 670 g/mol. The van der Waals surface area contributed by atoms with Crippen LogP contribution in [-0.4, -0.2) is 64.5 Å². The Morgan fingerprint density at radius 2 is 1.19 bits per heavy atom. The summed E-state index contributed by atoms with van der Waals surface area (Å²) < 4.78 is 44.2. The van der Waals surface area contributed by atoms with Crippen molar-refractivity contribution in [1.82, 2.24) is 19.1 Å². The number of alkyl halides is 3. The fourth-order valence-corrected chi connectivity index (χ4v) is 10.9. The van der Waals surface area contributed by atoms with Crippen molar-refractivity contribution in [3.8, 4) is 0 Å². The fraction of sp³-hybridized carbons (Fsp3) is 0.719. The minimum Gasteiger partial charge on any atom is -0.383 e. The summed E-state index contributed by atoms with van der Waals surface area (Å²) in [7, 11) is 0. The summed E-state index contributed by atoms with van der Waals surface area (Å²) in [5, 5.41) is 2.66. The summed E-state index contributed by atoms with van der Waals surface area (Å²) in [6.45, 7) is 15.3. The first-order chi connectivity index (χ1) is 22.1. The first-order valence-electron chi connectivity index (χ1n) is 16.2. The number of carbonyl (C=O) groups excluding carboxylic acids is 1. The van der Waals surface area contributed by atoms with Gasteiger partial charge in [-0.25, -0.2) is 22.8 Å². The molecule has 2 aromatic heterocycles. The molecule has 0 radical (unpaired) electrons. The molecule has 0 aromatic carbocycles. The van der Waals surface area contributed by atoms with E-state index >= 15 is 0 Å². The standard InChI is InChI=1S/C13H18FN3O2S.C11H16FN3OS.C8H15FS/c1-4-9-7(2)11(14)12(20-9)17-6-5-10(15-8(3)18)16-13(17)19;1-3-7-6(2)9(12)10(17-7)15-5-4-8(13)14-11(15)16;1-4-7-5(2)8(9)6(3)10-7/h5-7,9,11-12H,4H2,1-3H3,(H,15,16,18,19);4-7,9-10H,3H2,1-2H3,(H2,13,14,16);5-8H,4H2,1-3H3/t7-,9-,11+,12-;6-,7-,9+,10-;5-,6?,7-,8+/m111/s1. The van der Waals surface area contributed by atoms with Crippen LogP contribution in [0.5, 0.6) is 0 Å². The van der Waals surface area contributed by atoms with E-state index in [2.05, 4.69) is 22.2 Å². The monoisotopic (exact) mass is 718 g/mol. The van der Waals surface area contributed by atoms with Gasteiger partial charge in [0.2, 0.25) is 5.91 Å². The number of halogens is 3. The maximum absolute atomic E-state index is 14.3. The zero-order valence-electron chi connectivity index (χ0n) is 28.3. The number of aromatic nitrogens is 4. The number of thioether (sulfide) groups is 3. The first kappa shape index (κ1) is 39.3. The highest BCUT2D eigenvalue weighted by atomic mass is 32.2. The van der Waals surface area contributed by atoms with Gasteiger partial charge in [0.15, 0.2) is 0 Å². The second-order valence-corrected chi connectivity index (χ2v) is 16.7. The third-order valence-corrected chi connectivity index (χ3v) is 14.6. The zero-order valence-corrected chi connectivity index (χ0v) is 30.8. The highest BCUT2D eigenvalue weighted by molar-refractivity contribution is 8.01. The molecule has 1 amide bonds. The number of amides is 1. The van der Waals surface area contributed by atoms with Crippen LogP contribution in [-0.2, 0) is 4.79 Å².